The first-order valence-corrected chi connectivity index (χ1v) is 4.29. The molecule has 0 amide bonds. The summed E-state index contributed by atoms with van der Waals surface area (Å²) in [7, 11) is 0. The largest absolute Gasteiger partial charge is 0.487 e. The van der Waals surface area contributed by atoms with E-state index in [2.05, 4.69) is 12.1 Å². The highest BCUT2D eigenvalue weighted by Crippen LogP contribution is 2.33. The third-order valence-corrected chi connectivity index (χ3v) is 2.45. The summed E-state index contributed by atoms with van der Waals surface area (Å²) >= 11 is 0. The smallest absolute Gasteiger partial charge is 0.131 e. The van der Waals surface area contributed by atoms with Gasteiger partial charge in [0, 0.05) is 6.42 Å². The van der Waals surface area contributed by atoms with Gasteiger partial charge in [0.15, 0.2) is 0 Å². The van der Waals surface area contributed by atoms with E-state index in [4.69, 9.17) is 9.47 Å². The number of epoxide rings is 1. The van der Waals surface area contributed by atoms with Crippen molar-refractivity contribution in [2.24, 2.45) is 0 Å². The van der Waals surface area contributed by atoms with E-state index >= 15 is 0 Å². The Labute approximate surface area is 71.1 Å². The van der Waals surface area contributed by atoms with Crippen LogP contribution >= 0.6 is 0 Å². The highest BCUT2D eigenvalue weighted by atomic mass is 16.6. The molecule has 0 radical (unpaired) electrons. The van der Waals surface area contributed by atoms with Crippen LogP contribution in [0, 0.1) is 0 Å². The van der Waals surface area contributed by atoms with Gasteiger partial charge in [-0.05, 0) is 11.6 Å². The second kappa shape index (κ2) is 2.23. The lowest BCUT2D eigenvalue weighted by Crippen LogP contribution is -2.19. The molecular formula is C10H10O2. The highest BCUT2D eigenvalue weighted by Gasteiger charge is 2.38. The summed E-state index contributed by atoms with van der Waals surface area (Å²) in [6.45, 7) is 0.874. The van der Waals surface area contributed by atoms with Crippen molar-refractivity contribution in [1.29, 1.82) is 0 Å². The van der Waals surface area contributed by atoms with Crippen LogP contribution in [-0.2, 0) is 11.2 Å². The quantitative estimate of drug-likeness (QED) is 0.582. The van der Waals surface area contributed by atoms with E-state index in [1.807, 2.05) is 12.1 Å². The Morgan fingerprint density at radius 1 is 1.17 bits per heavy atom. The number of rotatable bonds is 1. The van der Waals surface area contributed by atoms with Crippen LogP contribution in [0.25, 0.3) is 0 Å². The molecule has 0 aromatic heterocycles. The van der Waals surface area contributed by atoms with E-state index in [0.717, 1.165) is 18.8 Å². The molecule has 2 aliphatic heterocycles. The summed E-state index contributed by atoms with van der Waals surface area (Å²) in [5, 5.41) is 0. The van der Waals surface area contributed by atoms with Crippen molar-refractivity contribution in [1.82, 2.24) is 0 Å². The summed E-state index contributed by atoms with van der Waals surface area (Å²) in [6, 6.07) is 8.21. The van der Waals surface area contributed by atoms with Gasteiger partial charge in [-0.25, -0.2) is 0 Å². The Hall–Kier alpha value is -1.02. The lowest BCUT2D eigenvalue weighted by atomic mass is 10.1. The molecule has 1 aromatic carbocycles. The lowest BCUT2D eigenvalue weighted by Gasteiger charge is -2.05. The first-order valence-electron chi connectivity index (χ1n) is 4.29. The van der Waals surface area contributed by atoms with E-state index in [0.29, 0.717) is 6.10 Å². The number of hydrogen-bond acceptors (Lipinski definition) is 2. The van der Waals surface area contributed by atoms with Crippen LogP contribution in [0.2, 0.25) is 0 Å². The highest BCUT2D eigenvalue weighted by molar-refractivity contribution is 5.37. The third-order valence-electron chi connectivity index (χ3n) is 2.45. The molecule has 62 valence electrons. The Kier molecular flexibility index (Phi) is 1.21. The van der Waals surface area contributed by atoms with Crippen LogP contribution in [0.3, 0.4) is 0 Å². The van der Waals surface area contributed by atoms with Gasteiger partial charge in [0.05, 0.1) is 6.61 Å². The van der Waals surface area contributed by atoms with Crippen LogP contribution in [0.1, 0.15) is 5.56 Å². The second-order valence-corrected chi connectivity index (χ2v) is 3.34. The molecule has 2 heteroatoms. The van der Waals surface area contributed by atoms with Gasteiger partial charge in [0.1, 0.15) is 18.0 Å². The van der Waals surface area contributed by atoms with Crippen LogP contribution in [-0.4, -0.2) is 18.8 Å². The zero-order chi connectivity index (χ0) is 7.97. The maximum atomic E-state index is 5.71. The van der Waals surface area contributed by atoms with Gasteiger partial charge >= 0.3 is 0 Å². The molecule has 2 aliphatic rings. The van der Waals surface area contributed by atoms with Gasteiger partial charge in [-0.3, -0.25) is 0 Å². The van der Waals surface area contributed by atoms with Crippen molar-refractivity contribution in [2.45, 2.75) is 18.6 Å². The Morgan fingerprint density at radius 2 is 2.00 bits per heavy atom. The second-order valence-electron chi connectivity index (χ2n) is 3.34. The number of hydrogen-bond donors (Lipinski definition) is 0. The maximum Gasteiger partial charge on any atom is 0.131 e. The van der Waals surface area contributed by atoms with Gasteiger partial charge in [-0.15, -0.1) is 0 Å². The maximum absolute atomic E-state index is 5.71. The third kappa shape index (κ3) is 0.916. The van der Waals surface area contributed by atoms with Crippen molar-refractivity contribution >= 4 is 0 Å². The first kappa shape index (κ1) is 6.49. The lowest BCUT2D eigenvalue weighted by molar-refractivity contribution is 0.184. The van der Waals surface area contributed by atoms with Gasteiger partial charge < -0.3 is 9.47 Å². The van der Waals surface area contributed by atoms with Crippen LogP contribution < -0.4 is 4.74 Å². The fourth-order valence-electron chi connectivity index (χ4n) is 1.69. The molecule has 2 heterocycles. The standard InChI is InChI=1S/C10H10O2/c1-2-4-8-7(3-1)5-9(12-8)10-6-11-10/h1-4,9-10H,5-6H2/t9-,10+/m0/s1. The fourth-order valence-corrected chi connectivity index (χ4v) is 1.69. The van der Waals surface area contributed by atoms with E-state index in [9.17, 15) is 0 Å². The molecule has 3 rings (SSSR count). The first-order chi connectivity index (χ1) is 5.93. The zero-order valence-electron chi connectivity index (χ0n) is 6.69. The molecular weight excluding hydrogens is 152 g/mol. The fraction of sp³-hybridized carbons (Fsp3) is 0.400. The molecule has 0 bridgehead atoms. The molecule has 1 fully saturated rings. The van der Waals surface area contributed by atoms with Crippen molar-refractivity contribution in [3.63, 3.8) is 0 Å². The Morgan fingerprint density at radius 3 is 2.75 bits per heavy atom. The minimum Gasteiger partial charge on any atom is -0.487 e. The SMILES string of the molecule is c1ccc2c(c1)C[C@@H]([C@H]1CO1)O2. The molecule has 0 N–H and O–H groups in total. The molecule has 1 aromatic rings. The molecule has 0 spiro atoms. The van der Waals surface area contributed by atoms with Gasteiger partial charge in [0.2, 0.25) is 0 Å². The molecule has 0 unspecified atom stereocenters. The average Bonchev–Trinajstić information content (AvgIpc) is 2.85. The molecule has 2 atom stereocenters. The summed E-state index contributed by atoms with van der Waals surface area (Å²) in [5.41, 5.74) is 1.32. The monoisotopic (exact) mass is 162 g/mol. The van der Waals surface area contributed by atoms with E-state index < -0.39 is 0 Å². The minimum atomic E-state index is 0.280. The normalized spacial score (nSPS) is 31.0. The van der Waals surface area contributed by atoms with Gasteiger partial charge in [-0.2, -0.15) is 0 Å². The van der Waals surface area contributed by atoms with Crippen LogP contribution in [0.5, 0.6) is 5.75 Å². The van der Waals surface area contributed by atoms with Crippen molar-refractivity contribution in [3.05, 3.63) is 29.8 Å². The molecule has 2 nitrogen and oxygen atoms in total. The predicted octanol–water partition coefficient (Wildman–Crippen LogP) is 1.39. The van der Waals surface area contributed by atoms with E-state index in [-0.39, 0.29) is 6.10 Å². The molecule has 0 saturated carbocycles. The minimum absolute atomic E-state index is 0.280. The summed E-state index contributed by atoms with van der Waals surface area (Å²) in [5.74, 6) is 1.04. The number of fused-ring (bicyclic) bond motifs is 1. The average molecular weight is 162 g/mol. The predicted molar refractivity (Wildman–Crippen MR) is 44.3 cm³/mol. The van der Waals surface area contributed by atoms with Crippen molar-refractivity contribution in [2.75, 3.05) is 6.61 Å². The molecule has 1 saturated heterocycles. The zero-order valence-corrected chi connectivity index (χ0v) is 6.69. The topological polar surface area (TPSA) is 21.8 Å². The Bertz CT molecular complexity index is 279. The van der Waals surface area contributed by atoms with Gasteiger partial charge in [0.25, 0.3) is 0 Å². The van der Waals surface area contributed by atoms with Crippen molar-refractivity contribution in [3.8, 4) is 5.75 Å². The number of ether oxygens (including phenoxy) is 2. The van der Waals surface area contributed by atoms with E-state index in [1.165, 1.54) is 5.56 Å². The number of benzene rings is 1. The van der Waals surface area contributed by atoms with E-state index in [1.54, 1.807) is 0 Å². The summed E-state index contributed by atoms with van der Waals surface area (Å²) < 4.78 is 10.9. The van der Waals surface area contributed by atoms with Crippen LogP contribution in [0.4, 0.5) is 0 Å². The molecule has 12 heavy (non-hydrogen) atoms. The molecule has 0 aliphatic carbocycles. The summed E-state index contributed by atoms with van der Waals surface area (Å²) in [6.07, 6.45) is 1.65. The number of para-hydroxylation sites is 1. The summed E-state index contributed by atoms with van der Waals surface area (Å²) in [4.78, 5) is 0. The van der Waals surface area contributed by atoms with Crippen LogP contribution in [0.15, 0.2) is 24.3 Å². The van der Waals surface area contributed by atoms with Gasteiger partial charge in [-0.1, -0.05) is 18.2 Å². The van der Waals surface area contributed by atoms with Crippen molar-refractivity contribution < 1.29 is 9.47 Å². The Balaban J connectivity index is 1.89.